The van der Waals surface area contributed by atoms with E-state index in [4.69, 9.17) is 27.9 Å². The molecule has 0 fully saturated rings. The molecule has 0 radical (unpaired) electrons. The van der Waals surface area contributed by atoms with Crippen LogP contribution in [0.1, 0.15) is 0 Å². The summed E-state index contributed by atoms with van der Waals surface area (Å²) < 4.78 is 5.37. The van der Waals surface area contributed by atoms with Crippen molar-refractivity contribution in [3.63, 3.8) is 0 Å². The van der Waals surface area contributed by atoms with Gasteiger partial charge in [0.05, 0.1) is 21.6 Å². The van der Waals surface area contributed by atoms with Gasteiger partial charge in [-0.05, 0) is 22.0 Å². The van der Waals surface area contributed by atoms with Crippen LogP contribution in [0.2, 0.25) is 10.0 Å². The highest BCUT2D eigenvalue weighted by atomic mass is 79.9. The molecule has 2 nitrogen and oxygen atoms in total. The normalized spacial score (nSPS) is 10.0. The lowest BCUT2D eigenvalue weighted by Crippen LogP contribution is -1.86. The van der Waals surface area contributed by atoms with Crippen molar-refractivity contribution in [1.82, 2.24) is 0 Å². The Bertz CT molecular complexity index is 289. The van der Waals surface area contributed by atoms with E-state index in [1.165, 1.54) is 13.2 Å². The van der Waals surface area contributed by atoms with Gasteiger partial charge >= 0.3 is 0 Å². The van der Waals surface area contributed by atoms with Crippen LogP contribution in [0.3, 0.4) is 0 Å². The number of aromatic hydroxyl groups is 1. The summed E-state index contributed by atoms with van der Waals surface area (Å²) in [4.78, 5) is 0. The number of phenolic OH excluding ortho intramolecular Hbond substituents is 1. The van der Waals surface area contributed by atoms with Gasteiger partial charge in [-0.1, -0.05) is 23.2 Å². The second-order valence-electron chi connectivity index (χ2n) is 2.04. The highest BCUT2D eigenvalue weighted by molar-refractivity contribution is 9.10. The molecule has 0 aliphatic heterocycles. The lowest BCUT2D eigenvalue weighted by atomic mass is 10.3. The van der Waals surface area contributed by atoms with E-state index in [0.717, 1.165) is 0 Å². The monoisotopic (exact) mass is 270 g/mol. The smallest absolute Gasteiger partial charge is 0.178 e. The summed E-state index contributed by atoms with van der Waals surface area (Å²) in [6.45, 7) is 0. The van der Waals surface area contributed by atoms with Crippen molar-refractivity contribution >= 4 is 39.1 Å². The third kappa shape index (κ3) is 1.63. The lowest BCUT2D eigenvalue weighted by molar-refractivity contribution is 0.371. The first-order valence-electron chi connectivity index (χ1n) is 2.98. The Morgan fingerprint density at radius 2 is 2.00 bits per heavy atom. The number of methoxy groups -OCH3 is 1. The number of hydrogen-bond acceptors (Lipinski definition) is 2. The van der Waals surface area contributed by atoms with E-state index < -0.39 is 0 Å². The minimum atomic E-state index is -0.115. The van der Waals surface area contributed by atoms with Gasteiger partial charge in [-0.15, -0.1) is 0 Å². The van der Waals surface area contributed by atoms with Gasteiger partial charge in [0.15, 0.2) is 11.5 Å². The third-order valence-corrected chi connectivity index (χ3v) is 2.91. The number of hydrogen-bond donors (Lipinski definition) is 1. The van der Waals surface area contributed by atoms with Crippen molar-refractivity contribution in [2.24, 2.45) is 0 Å². The van der Waals surface area contributed by atoms with E-state index in [2.05, 4.69) is 15.9 Å². The van der Waals surface area contributed by atoms with Gasteiger partial charge in [0.2, 0.25) is 0 Å². The van der Waals surface area contributed by atoms with Crippen LogP contribution in [0.4, 0.5) is 0 Å². The van der Waals surface area contributed by atoms with Gasteiger partial charge in [-0.25, -0.2) is 0 Å². The van der Waals surface area contributed by atoms with Crippen LogP contribution in [-0.4, -0.2) is 12.2 Å². The third-order valence-electron chi connectivity index (χ3n) is 1.31. The molecule has 0 spiro atoms. The Morgan fingerprint density at radius 1 is 1.42 bits per heavy atom. The molecule has 0 aliphatic rings. The molecule has 0 bridgehead atoms. The van der Waals surface area contributed by atoms with Gasteiger partial charge in [-0.3, -0.25) is 0 Å². The number of benzene rings is 1. The van der Waals surface area contributed by atoms with E-state index >= 15 is 0 Å². The van der Waals surface area contributed by atoms with Gasteiger partial charge in [0, 0.05) is 0 Å². The maximum atomic E-state index is 9.36. The van der Waals surface area contributed by atoms with Crippen LogP contribution in [-0.2, 0) is 0 Å². The SMILES string of the molecule is COc1c(O)c(Cl)cc(Cl)c1Br. The molecule has 66 valence electrons. The molecule has 0 unspecified atom stereocenters. The van der Waals surface area contributed by atoms with Crippen LogP contribution in [0.25, 0.3) is 0 Å². The largest absolute Gasteiger partial charge is 0.503 e. The second-order valence-corrected chi connectivity index (χ2v) is 3.64. The average molecular weight is 272 g/mol. The topological polar surface area (TPSA) is 29.5 Å². The standard InChI is InChI=1S/C7H5BrCl2O2/c1-12-7-5(8)3(9)2-4(10)6(7)11/h2,11H,1H3. The number of rotatable bonds is 1. The van der Waals surface area contributed by atoms with Crippen LogP contribution in [0, 0.1) is 0 Å². The van der Waals surface area contributed by atoms with E-state index in [1.54, 1.807) is 0 Å². The van der Waals surface area contributed by atoms with Gasteiger partial charge in [-0.2, -0.15) is 0 Å². The minimum Gasteiger partial charge on any atom is -0.503 e. The molecule has 0 aromatic heterocycles. The molecule has 0 amide bonds. The van der Waals surface area contributed by atoms with Gasteiger partial charge in [0.25, 0.3) is 0 Å². The molecule has 12 heavy (non-hydrogen) atoms. The Balaban J connectivity index is 3.42. The van der Waals surface area contributed by atoms with Crippen LogP contribution in [0.5, 0.6) is 11.5 Å². The molecule has 1 rings (SSSR count). The zero-order chi connectivity index (χ0) is 9.30. The van der Waals surface area contributed by atoms with Crippen molar-refractivity contribution < 1.29 is 9.84 Å². The molecule has 1 aromatic carbocycles. The fraction of sp³-hybridized carbons (Fsp3) is 0.143. The fourth-order valence-electron chi connectivity index (χ4n) is 0.750. The van der Waals surface area contributed by atoms with Gasteiger partial charge in [0.1, 0.15) is 0 Å². The summed E-state index contributed by atoms with van der Waals surface area (Å²) in [6, 6.07) is 1.44. The Hall–Kier alpha value is -0.120. The Labute approximate surface area is 88.2 Å². The van der Waals surface area contributed by atoms with Crippen LogP contribution in [0.15, 0.2) is 10.5 Å². The summed E-state index contributed by atoms with van der Waals surface area (Å²) >= 11 is 14.5. The summed E-state index contributed by atoms with van der Waals surface area (Å²) in [5.74, 6) is 0.128. The summed E-state index contributed by atoms with van der Waals surface area (Å²) in [5.41, 5.74) is 0. The van der Waals surface area contributed by atoms with E-state index in [0.29, 0.717) is 9.50 Å². The minimum absolute atomic E-state index is 0.115. The number of halogens is 3. The fourth-order valence-corrected chi connectivity index (χ4v) is 1.66. The highest BCUT2D eigenvalue weighted by Gasteiger charge is 2.14. The van der Waals surface area contributed by atoms with Crippen molar-refractivity contribution in [2.75, 3.05) is 7.11 Å². The van der Waals surface area contributed by atoms with Crippen molar-refractivity contribution in [1.29, 1.82) is 0 Å². The van der Waals surface area contributed by atoms with E-state index in [9.17, 15) is 5.11 Å². The maximum Gasteiger partial charge on any atom is 0.178 e. The summed E-state index contributed by atoms with van der Waals surface area (Å²) in [5, 5.41) is 9.92. The summed E-state index contributed by atoms with van der Waals surface area (Å²) in [7, 11) is 1.42. The molecule has 1 N–H and O–H groups in total. The predicted octanol–water partition coefficient (Wildman–Crippen LogP) is 3.47. The average Bonchev–Trinajstić information content (AvgIpc) is 2.02. The zero-order valence-electron chi connectivity index (χ0n) is 6.07. The molecule has 0 saturated heterocycles. The van der Waals surface area contributed by atoms with Gasteiger partial charge < -0.3 is 9.84 Å². The zero-order valence-corrected chi connectivity index (χ0v) is 9.16. The molecule has 0 atom stereocenters. The predicted molar refractivity (Wildman–Crippen MR) is 52.4 cm³/mol. The molecule has 0 saturated carbocycles. The Morgan fingerprint density at radius 3 is 2.50 bits per heavy atom. The van der Waals surface area contributed by atoms with E-state index in [1.807, 2.05) is 0 Å². The molecule has 0 aliphatic carbocycles. The first-order valence-corrected chi connectivity index (χ1v) is 4.53. The molecule has 0 heterocycles. The van der Waals surface area contributed by atoms with Crippen LogP contribution >= 0.6 is 39.1 Å². The highest BCUT2D eigenvalue weighted by Crippen LogP contribution is 2.43. The molecule has 5 heteroatoms. The number of ether oxygens (including phenoxy) is 1. The molecular weight excluding hydrogens is 267 g/mol. The first-order chi connectivity index (χ1) is 5.57. The quantitative estimate of drug-likeness (QED) is 0.793. The van der Waals surface area contributed by atoms with Crippen LogP contribution < -0.4 is 4.74 Å². The van der Waals surface area contributed by atoms with Crippen molar-refractivity contribution in [2.45, 2.75) is 0 Å². The first kappa shape index (κ1) is 9.96. The maximum absolute atomic E-state index is 9.36. The van der Waals surface area contributed by atoms with Crippen molar-refractivity contribution in [3.8, 4) is 11.5 Å². The Kier molecular flexibility index (Phi) is 3.09. The molecular formula is C7H5BrCl2O2. The molecule has 1 aromatic rings. The van der Waals surface area contributed by atoms with Crippen molar-refractivity contribution in [3.05, 3.63) is 20.6 Å². The summed E-state index contributed by atoms with van der Waals surface area (Å²) in [6.07, 6.45) is 0. The number of phenols is 1. The lowest BCUT2D eigenvalue weighted by Gasteiger charge is -2.08. The van der Waals surface area contributed by atoms with E-state index in [-0.39, 0.29) is 16.5 Å². The second kappa shape index (κ2) is 3.73.